The second-order valence-electron chi connectivity index (χ2n) is 5.85. The molecular weight excluding hydrogens is 383 g/mol. The summed E-state index contributed by atoms with van der Waals surface area (Å²) in [5.74, 6) is -0.751. The van der Waals surface area contributed by atoms with E-state index in [0.29, 0.717) is 16.9 Å². The average Bonchev–Trinajstić information content (AvgIpc) is 2.65. The van der Waals surface area contributed by atoms with Gasteiger partial charge in [0.2, 0.25) is 16.0 Å². The first-order valence-electron chi connectivity index (χ1n) is 7.96. The average molecular weight is 398 g/mol. The Labute approximate surface area is 160 Å². The maximum atomic E-state index is 14.1. The van der Waals surface area contributed by atoms with Gasteiger partial charge in [0.1, 0.15) is 0 Å². The number of rotatable bonds is 5. The minimum Gasteiger partial charge on any atom is -0.338 e. The highest BCUT2D eigenvalue weighted by atomic mass is 32.2. The maximum Gasteiger partial charge on any atom is 0.238 e. The van der Waals surface area contributed by atoms with Crippen molar-refractivity contribution in [1.82, 2.24) is 9.97 Å². The van der Waals surface area contributed by atoms with Crippen LogP contribution in [-0.2, 0) is 10.0 Å². The Kier molecular flexibility index (Phi) is 5.21. The van der Waals surface area contributed by atoms with Gasteiger partial charge in [-0.05, 0) is 42.8 Å². The summed E-state index contributed by atoms with van der Waals surface area (Å²) in [6.45, 7) is 1.80. The number of anilines is 4. The van der Waals surface area contributed by atoms with Crippen LogP contribution in [0.2, 0.25) is 0 Å². The van der Waals surface area contributed by atoms with Crippen molar-refractivity contribution in [3.8, 4) is 6.07 Å². The molecule has 4 N–H and O–H groups in total. The van der Waals surface area contributed by atoms with Crippen molar-refractivity contribution in [2.45, 2.75) is 11.8 Å². The van der Waals surface area contributed by atoms with Crippen molar-refractivity contribution in [1.29, 1.82) is 5.26 Å². The van der Waals surface area contributed by atoms with Gasteiger partial charge in [-0.25, -0.2) is 22.9 Å². The first-order chi connectivity index (χ1) is 13.3. The molecule has 3 aromatic rings. The molecule has 28 heavy (non-hydrogen) atoms. The number of primary sulfonamides is 1. The molecule has 0 radical (unpaired) electrons. The molecule has 0 unspecified atom stereocenters. The summed E-state index contributed by atoms with van der Waals surface area (Å²) in [4.78, 5) is 7.82. The monoisotopic (exact) mass is 398 g/mol. The van der Waals surface area contributed by atoms with E-state index in [1.807, 2.05) is 0 Å². The van der Waals surface area contributed by atoms with Crippen LogP contribution in [0.4, 0.5) is 27.5 Å². The van der Waals surface area contributed by atoms with E-state index in [9.17, 15) is 12.8 Å². The number of nitrogens with one attached hydrogen (secondary N) is 2. The summed E-state index contributed by atoms with van der Waals surface area (Å²) < 4.78 is 37.0. The van der Waals surface area contributed by atoms with E-state index >= 15 is 0 Å². The van der Waals surface area contributed by atoms with Crippen LogP contribution < -0.4 is 15.8 Å². The topological polar surface area (TPSA) is 134 Å². The van der Waals surface area contributed by atoms with Crippen molar-refractivity contribution < 1.29 is 12.8 Å². The van der Waals surface area contributed by atoms with Crippen LogP contribution in [0, 0.1) is 24.1 Å². The van der Waals surface area contributed by atoms with Crippen LogP contribution >= 0.6 is 0 Å². The largest absolute Gasteiger partial charge is 0.338 e. The van der Waals surface area contributed by atoms with Gasteiger partial charge in [0.25, 0.3) is 0 Å². The predicted octanol–water partition coefficient (Wildman–Crippen LogP) is 2.93. The lowest BCUT2D eigenvalue weighted by atomic mass is 10.1. The highest BCUT2D eigenvalue weighted by Gasteiger charge is 2.11. The molecule has 0 atom stereocenters. The number of hydrogen-bond donors (Lipinski definition) is 3. The van der Waals surface area contributed by atoms with Crippen LogP contribution in [0.1, 0.15) is 11.1 Å². The number of hydrogen-bond acceptors (Lipinski definition) is 7. The molecule has 0 saturated carbocycles. The summed E-state index contributed by atoms with van der Waals surface area (Å²) in [5.41, 5.74) is 2.11. The zero-order chi connectivity index (χ0) is 20.3. The van der Waals surface area contributed by atoms with Crippen molar-refractivity contribution in [3.05, 3.63) is 65.6 Å². The summed E-state index contributed by atoms with van der Waals surface area (Å²) in [6.07, 6.45) is 0.973. The van der Waals surface area contributed by atoms with E-state index in [4.69, 9.17) is 10.4 Å². The lowest BCUT2D eigenvalue weighted by Crippen LogP contribution is -2.12. The van der Waals surface area contributed by atoms with Gasteiger partial charge >= 0.3 is 0 Å². The Morgan fingerprint density at radius 2 is 1.89 bits per heavy atom. The zero-order valence-electron chi connectivity index (χ0n) is 14.6. The number of aryl methyl sites for hydroxylation is 1. The first kappa shape index (κ1) is 19.2. The van der Waals surface area contributed by atoms with Gasteiger partial charge in [-0.15, -0.1) is 0 Å². The Morgan fingerprint density at radius 3 is 2.61 bits per heavy atom. The fraction of sp³-hybridized carbons (Fsp3) is 0.0556. The van der Waals surface area contributed by atoms with Crippen LogP contribution in [0.25, 0.3) is 0 Å². The lowest BCUT2D eigenvalue weighted by molar-refractivity contribution is 0.598. The third-order valence-electron chi connectivity index (χ3n) is 3.78. The van der Waals surface area contributed by atoms with E-state index in [-0.39, 0.29) is 16.7 Å². The molecule has 8 nitrogen and oxygen atoms in total. The van der Waals surface area contributed by atoms with E-state index in [2.05, 4.69) is 26.7 Å². The van der Waals surface area contributed by atoms with E-state index < -0.39 is 15.8 Å². The van der Waals surface area contributed by atoms with E-state index in [1.165, 1.54) is 18.2 Å². The Morgan fingerprint density at radius 1 is 1.14 bits per heavy atom. The highest BCUT2D eigenvalue weighted by molar-refractivity contribution is 7.89. The molecule has 0 aliphatic carbocycles. The third-order valence-corrected chi connectivity index (χ3v) is 4.69. The number of aromatic nitrogens is 2. The van der Waals surface area contributed by atoms with Crippen molar-refractivity contribution in [3.63, 3.8) is 0 Å². The summed E-state index contributed by atoms with van der Waals surface area (Å²) in [6, 6.07) is 12.8. The minimum atomic E-state index is -3.86. The number of nitriles is 1. The third kappa shape index (κ3) is 4.40. The first-order valence-corrected chi connectivity index (χ1v) is 9.51. The predicted molar refractivity (Wildman–Crippen MR) is 102 cm³/mol. The molecule has 0 bridgehead atoms. The molecule has 2 aromatic carbocycles. The van der Waals surface area contributed by atoms with Gasteiger partial charge in [-0.1, -0.05) is 12.1 Å². The van der Waals surface area contributed by atoms with Gasteiger partial charge in [-0.3, -0.25) is 0 Å². The highest BCUT2D eigenvalue weighted by Crippen LogP contribution is 2.23. The normalized spacial score (nSPS) is 10.9. The molecule has 0 aliphatic rings. The molecule has 0 saturated heterocycles. The van der Waals surface area contributed by atoms with Crippen LogP contribution in [0.3, 0.4) is 0 Å². The molecular formula is C18H15FN6O2S. The van der Waals surface area contributed by atoms with Gasteiger partial charge in [0.15, 0.2) is 11.6 Å². The minimum absolute atomic E-state index is 0.0445. The molecule has 1 heterocycles. The maximum absolute atomic E-state index is 14.1. The fourth-order valence-corrected chi connectivity index (χ4v) is 2.91. The van der Waals surface area contributed by atoms with Crippen molar-refractivity contribution in [2.75, 3.05) is 10.6 Å². The standard InChI is InChI=1S/C18H15FN6O2S/c1-11-5-6-14(7-12(11)9-20)23-17-16(19)10-22-18(25-17)24-13-3-2-4-15(8-13)28(21,26)27/h2-8,10H,1H3,(H2,21,26,27)(H2,22,23,24,25). The molecule has 3 rings (SSSR count). The van der Waals surface area contributed by atoms with E-state index in [0.717, 1.165) is 11.8 Å². The van der Waals surface area contributed by atoms with Gasteiger partial charge in [-0.2, -0.15) is 10.2 Å². The van der Waals surface area contributed by atoms with Gasteiger partial charge in [0.05, 0.1) is 22.7 Å². The SMILES string of the molecule is Cc1ccc(Nc2nc(Nc3cccc(S(N)(=O)=O)c3)ncc2F)cc1C#N. The Hall–Kier alpha value is -3.55. The van der Waals surface area contributed by atoms with Crippen molar-refractivity contribution >= 4 is 33.2 Å². The molecule has 142 valence electrons. The Bertz CT molecular complexity index is 1190. The zero-order valence-corrected chi connectivity index (χ0v) is 15.5. The quantitative estimate of drug-likeness (QED) is 0.601. The molecule has 0 aliphatic heterocycles. The van der Waals surface area contributed by atoms with Crippen molar-refractivity contribution in [2.24, 2.45) is 5.14 Å². The van der Waals surface area contributed by atoms with Crippen LogP contribution in [0.15, 0.2) is 53.6 Å². The lowest BCUT2D eigenvalue weighted by Gasteiger charge is -2.11. The number of sulfonamides is 1. The number of halogens is 1. The Balaban J connectivity index is 1.87. The van der Waals surface area contributed by atoms with Crippen LogP contribution in [-0.4, -0.2) is 18.4 Å². The van der Waals surface area contributed by atoms with Gasteiger partial charge < -0.3 is 10.6 Å². The van der Waals surface area contributed by atoms with Gasteiger partial charge in [0, 0.05) is 11.4 Å². The fourth-order valence-electron chi connectivity index (χ4n) is 2.35. The number of nitrogens with two attached hydrogens (primary N) is 1. The number of benzene rings is 2. The van der Waals surface area contributed by atoms with Crippen LogP contribution in [0.5, 0.6) is 0 Å². The second kappa shape index (κ2) is 7.59. The molecule has 0 spiro atoms. The summed E-state index contributed by atoms with van der Waals surface area (Å²) in [7, 11) is -3.86. The summed E-state index contributed by atoms with van der Waals surface area (Å²) in [5, 5.41) is 19.8. The molecule has 0 amide bonds. The smallest absolute Gasteiger partial charge is 0.238 e. The second-order valence-corrected chi connectivity index (χ2v) is 7.42. The summed E-state index contributed by atoms with van der Waals surface area (Å²) >= 11 is 0. The molecule has 1 aromatic heterocycles. The number of nitrogens with zero attached hydrogens (tertiary/aromatic N) is 3. The molecule has 0 fully saturated rings. The molecule has 10 heteroatoms. The van der Waals surface area contributed by atoms with E-state index in [1.54, 1.807) is 31.2 Å².